The third kappa shape index (κ3) is 13.3. The fourth-order valence-corrected chi connectivity index (χ4v) is 10.2. The molecule has 5 atom stereocenters. The summed E-state index contributed by atoms with van der Waals surface area (Å²) in [7, 11) is 3.15. The lowest BCUT2D eigenvalue weighted by Crippen LogP contribution is -2.59. The van der Waals surface area contributed by atoms with Gasteiger partial charge in [-0.1, -0.05) is 62.3 Å². The summed E-state index contributed by atoms with van der Waals surface area (Å²) in [6.07, 6.45) is 0.472. The summed E-state index contributed by atoms with van der Waals surface area (Å²) in [6.45, 7) is 6.98. The number of likely N-dealkylation sites (tertiary alicyclic amines) is 1. The normalized spacial score (nSPS) is 18.1. The molecular weight excluding hydrogens is 1010 g/mol. The van der Waals surface area contributed by atoms with Crippen LogP contribution in [0.2, 0.25) is 0 Å². The molecule has 1 saturated carbocycles. The topological polar surface area (TPSA) is 275 Å². The van der Waals surface area contributed by atoms with Gasteiger partial charge in [0.2, 0.25) is 17.7 Å². The number of aryl methyl sites for hydroxylation is 2. The number of phenolic OH excluding ortho intramolecular Hbond substituents is 1. The first-order valence-electron chi connectivity index (χ1n) is 25.5. The molecule has 408 valence electrons. The van der Waals surface area contributed by atoms with E-state index >= 15 is 0 Å². The Hall–Kier alpha value is -7.72. The van der Waals surface area contributed by atoms with Crippen LogP contribution in [0.3, 0.4) is 0 Å². The average molecular weight is 1080 g/mol. The van der Waals surface area contributed by atoms with Crippen LogP contribution in [0, 0.1) is 12.3 Å². The molecule has 2 aromatic heterocycles. The zero-order valence-electron chi connectivity index (χ0n) is 43.7. The van der Waals surface area contributed by atoms with Crippen LogP contribution >= 0.6 is 11.3 Å². The molecule has 0 bridgehead atoms. The summed E-state index contributed by atoms with van der Waals surface area (Å²) < 4.78 is 26.0. The number of hydrogen-bond donors (Lipinski definition) is 7. The van der Waals surface area contributed by atoms with Crippen molar-refractivity contribution in [2.75, 3.05) is 40.3 Å². The smallest absolute Gasteiger partial charge is 0.273 e. The quantitative estimate of drug-likeness (QED) is 0.0515. The van der Waals surface area contributed by atoms with Gasteiger partial charge in [-0.15, -0.1) is 11.3 Å². The van der Waals surface area contributed by atoms with E-state index in [1.807, 2.05) is 25.1 Å². The van der Waals surface area contributed by atoms with E-state index in [1.165, 1.54) is 39.3 Å². The lowest BCUT2D eigenvalue weighted by Gasteiger charge is -2.36. The second-order valence-corrected chi connectivity index (χ2v) is 21.9. The Morgan fingerprint density at radius 1 is 0.948 bits per heavy atom. The van der Waals surface area contributed by atoms with Gasteiger partial charge in [0.1, 0.15) is 23.6 Å². The Morgan fingerprint density at radius 2 is 1.66 bits per heavy atom. The molecule has 7 N–H and O–H groups in total. The number of aromatic nitrogens is 2. The van der Waals surface area contributed by atoms with E-state index in [0.29, 0.717) is 36.1 Å². The predicted octanol–water partition coefficient (Wildman–Crippen LogP) is 4.84. The number of aliphatic hydroxyl groups excluding tert-OH is 1. The number of fused-ring (bicyclic) bond motifs is 1. The van der Waals surface area contributed by atoms with Crippen molar-refractivity contribution < 1.29 is 57.4 Å². The number of amides is 7. The van der Waals surface area contributed by atoms with Crippen molar-refractivity contribution in [3.05, 3.63) is 106 Å². The highest BCUT2D eigenvalue weighted by atomic mass is 32.1. The molecule has 1 aliphatic heterocycles. The van der Waals surface area contributed by atoms with E-state index in [1.54, 1.807) is 70.7 Å². The average Bonchev–Trinajstić information content (AvgIpc) is 3.92. The molecule has 22 heteroatoms. The van der Waals surface area contributed by atoms with Crippen LogP contribution < -0.4 is 31.3 Å². The Morgan fingerprint density at radius 3 is 2.32 bits per heavy atom. The number of aromatic hydroxyl groups is 1. The van der Waals surface area contributed by atoms with Gasteiger partial charge in [0.05, 0.1) is 46.3 Å². The zero-order valence-corrected chi connectivity index (χ0v) is 44.6. The molecule has 7 amide bonds. The Bertz CT molecular complexity index is 3040. The van der Waals surface area contributed by atoms with E-state index in [-0.39, 0.29) is 86.6 Å². The van der Waals surface area contributed by atoms with Crippen molar-refractivity contribution in [1.82, 2.24) is 46.5 Å². The van der Waals surface area contributed by atoms with Crippen molar-refractivity contribution in [1.29, 1.82) is 0 Å². The standard InChI is InChI=1S/C55H64FN9O11S/c1-30-47(77-29-59-30)33-10-8-32(9-11-33)40(61-50(71)42-23-35(66)27-65(42)52(73)48(54(2,3)4)62-53(74)55(56)18-19-55)26-45(68)57-20-7-21-58-46(69)28-75-36-15-12-31-14-17-39(38(31)24-36)60-49(70)41-25-44(76-63-41)34-13-16-37(43(67)22-34)51(72)64(5)6/h8-13,15-16,22,24-25,29,35,39-40,42,48,66-67H,7,14,17-21,23,26-28H2,1-6H3,(H,57,68)(H,58,69)(H,60,70)(H,61,71)(H,62,74)/t35-,39-,40?,42+,48?/m1/s1. The molecule has 2 unspecified atom stereocenters. The number of halogens is 1. The van der Waals surface area contributed by atoms with Crippen molar-refractivity contribution in [3.63, 3.8) is 0 Å². The first-order chi connectivity index (χ1) is 36.6. The summed E-state index contributed by atoms with van der Waals surface area (Å²) >= 11 is 1.48. The van der Waals surface area contributed by atoms with Gasteiger partial charge in [-0.05, 0) is 91.0 Å². The highest BCUT2D eigenvalue weighted by Crippen LogP contribution is 2.41. The maximum atomic E-state index is 14.8. The maximum Gasteiger partial charge on any atom is 0.273 e. The largest absolute Gasteiger partial charge is 0.507 e. The second-order valence-electron chi connectivity index (χ2n) is 21.1. The summed E-state index contributed by atoms with van der Waals surface area (Å²) in [5.74, 6) is -3.36. The third-order valence-corrected chi connectivity index (χ3v) is 14.9. The molecule has 3 heterocycles. The van der Waals surface area contributed by atoms with Crippen LogP contribution in [0.4, 0.5) is 4.39 Å². The predicted molar refractivity (Wildman–Crippen MR) is 281 cm³/mol. The van der Waals surface area contributed by atoms with Gasteiger partial charge in [0.15, 0.2) is 23.7 Å². The molecule has 5 aromatic rings. The lowest BCUT2D eigenvalue weighted by molar-refractivity contribution is -0.145. The second kappa shape index (κ2) is 23.3. The van der Waals surface area contributed by atoms with Gasteiger partial charge in [0, 0.05) is 51.8 Å². The van der Waals surface area contributed by atoms with Gasteiger partial charge < -0.3 is 55.9 Å². The van der Waals surface area contributed by atoms with Crippen LogP contribution in [0.25, 0.3) is 21.8 Å². The first-order valence-corrected chi connectivity index (χ1v) is 26.4. The van der Waals surface area contributed by atoms with Gasteiger partial charge >= 0.3 is 0 Å². The van der Waals surface area contributed by atoms with Crippen LogP contribution in [0.15, 0.2) is 76.8 Å². The van der Waals surface area contributed by atoms with E-state index in [0.717, 1.165) is 27.3 Å². The van der Waals surface area contributed by atoms with Crippen LogP contribution in [-0.2, 0) is 30.4 Å². The molecule has 2 aliphatic carbocycles. The minimum Gasteiger partial charge on any atom is -0.507 e. The highest BCUT2D eigenvalue weighted by molar-refractivity contribution is 7.13. The molecule has 20 nitrogen and oxygen atoms in total. The highest BCUT2D eigenvalue weighted by Gasteiger charge is 2.53. The molecule has 0 spiro atoms. The van der Waals surface area contributed by atoms with Crippen molar-refractivity contribution in [2.24, 2.45) is 5.41 Å². The third-order valence-electron chi connectivity index (χ3n) is 13.9. The molecule has 2 fully saturated rings. The number of thiazole rings is 1. The maximum absolute atomic E-state index is 14.8. The van der Waals surface area contributed by atoms with Crippen molar-refractivity contribution >= 4 is 52.7 Å². The van der Waals surface area contributed by atoms with Gasteiger partial charge in [-0.2, -0.15) is 0 Å². The number of nitrogens with zero attached hydrogens (tertiary/aromatic N) is 4. The molecule has 3 aliphatic rings. The van der Waals surface area contributed by atoms with Gasteiger partial charge in [0.25, 0.3) is 23.6 Å². The zero-order chi connectivity index (χ0) is 55.3. The Labute approximate surface area is 448 Å². The molecule has 1 saturated heterocycles. The van der Waals surface area contributed by atoms with Gasteiger partial charge in [-0.25, -0.2) is 9.37 Å². The number of β-amino-alcohol motifs (C(OH)–C–C–N with tert-alkyl or cyclic N) is 1. The molecule has 77 heavy (non-hydrogen) atoms. The van der Waals surface area contributed by atoms with E-state index in [2.05, 4.69) is 36.7 Å². The Balaban J connectivity index is 0.820. The minimum absolute atomic E-state index is 0.0234. The number of phenols is 1. The summed E-state index contributed by atoms with van der Waals surface area (Å²) in [6, 6.07) is 15.1. The van der Waals surface area contributed by atoms with E-state index in [9.17, 15) is 48.2 Å². The monoisotopic (exact) mass is 1080 g/mol. The molecule has 3 aromatic carbocycles. The molecule has 8 rings (SSSR count). The SMILES string of the molecule is Cc1ncsc1-c1ccc(C(CC(=O)NCCCNC(=O)COc2ccc3c(c2)[C@H](NC(=O)c2cc(-c4ccc(C(=O)N(C)C)c(O)c4)on2)CC3)NC(=O)[C@@H]2C[C@@H](O)CN2C(=O)C(NC(=O)C2(F)CC2)C(C)(C)C)cc1. The summed E-state index contributed by atoms with van der Waals surface area (Å²) in [4.78, 5) is 101. The fraction of sp³-hybridized carbons (Fsp3) is 0.436. The number of carbonyl (C=O) groups excluding carboxylic acids is 7. The van der Waals surface area contributed by atoms with Crippen LogP contribution in [0.1, 0.15) is 115 Å². The Kier molecular flexibility index (Phi) is 16.8. The van der Waals surface area contributed by atoms with Crippen LogP contribution in [-0.4, -0.2) is 136 Å². The van der Waals surface area contributed by atoms with Crippen LogP contribution in [0.5, 0.6) is 11.5 Å². The minimum atomic E-state index is -2.03. The number of nitrogens with one attached hydrogen (secondary N) is 5. The lowest BCUT2D eigenvalue weighted by atomic mass is 9.85. The first kappa shape index (κ1) is 55.5. The summed E-state index contributed by atoms with van der Waals surface area (Å²) in [5.41, 5.74) is 3.62. The number of benzene rings is 3. The number of carbonyl (C=O) groups is 7. The number of ether oxygens (including phenoxy) is 1. The van der Waals surface area contributed by atoms with Crippen molar-refractivity contribution in [3.8, 4) is 33.3 Å². The fourth-order valence-electron chi connectivity index (χ4n) is 9.36. The van der Waals surface area contributed by atoms with E-state index < -0.39 is 70.8 Å². The molecule has 0 radical (unpaired) electrons. The number of rotatable bonds is 20. The molecular formula is C55H64FN9O11S. The summed E-state index contributed by atoms with van der Waals surface area (Å²) in [5, 5.41) is 39.3. The number of hydrogen-bond acceptors (Lipinski definition) is 14. The number of alkyl halides is 1. The van der Waals surface area contributed by atoms with Gasteiger partial charge in [-0.3, -0.25) is 33.6 Å². The number of aliphatic hydroxyl groups is 1. The van der Waals surface area contributed by atoms with Crippen molar-refractivity contribution in [2.45, 2.75) is 109 Å². The van der Waals surface area contributed by atoms with E-state index in [4.69, 9.17) is 9.26 Å².